The van der Waals surface area contributed by atoms with Gasteiger partial charge in [0.25, 0.3) is 0 Å². The molecular weight excluding hydrogens is 186 g/mol. The van der Waals surface area contributed by atoms with E-state index >= 15 is 0 Å². The first-order valence-electron chi connectivity index (χ1n) is 4.12. The molecule has 4 heteroatoms. The summed E-state index contributed by atoms with van der Waals surface area (Å²) in [5, 5.41) is 0. The van der Waals surface area contributed by atoms with Gasteiger partial charge in [-0.05, 0) is 12.3 Å². The Balaban J connectivity index is 4.38. The summed E-state index contributed by atoms with van der Waals surface area (Å²) >= 11 is 0. The van der Waals surface area contributed by atoms with Crippen LogP contribution in [0.1, 0.15) is 27.7 Å². The van der Waals surface area contributed by atoms with Crippen LogP contribution in [0.25, 0.3) is 0 Å². The fraction of sp³-hybridized carbons (Fsp3) is 0.778. The molecule has 0 bridgehead atoms. The molecule has 0 amide bonds. The average Bonchev–Trinajstić information content (AvgIpc) is 1.80. The third-order valence-electron chi connectivity index (χ3n) is 1.23. The minimum Gasteiger partial charge on any atom is -0.212 e. The summed E-state index contributed by atoms with van der Waals surface area (Å²) in [7, 11) is -3.24. The van der Waals surface area contributed by atoms with Gasteiger partial charge in [-0.25, -0.2) is 13.1 Å². The molecule has 0 aromatic heterocycles. The van der Waals surface area contributed by atoms with Crippen molar-refractivity contribution in [3.05, 3.63) is 0 Å². The molecule has 0 aromatic carbocycles. The molecular formula is C9H17NO2S. The Hall–Kier alpha value is -0.530. The summed E-state index contributed by atoms with van der Waals surface area (Å²) in [6, 6.07) is -0.438. The van der Waals surface area contributed by atoms with Gasteiger partial charge in [0, 0.05) is 0 Å². The first-order valence-corrected chi connectivity index (χ1v) is 5.78. The van der Waals surface area contributed by atoms with Gasteiger partial charge in [-0.2, -0.15) is 0 Å². The second-order valence-corrected chi connectivity index (χ2v) is 6.08. The smallest absolute Gasteiger partial charge is 0.212 e. The zero-order valence-electron chi connectivity index (χ0n) is 8.59. The normalized spacial score (nSPS) is 15.0. The molecule has 0 fully saturated rings. The van der Waals surface area contributed by atoms with E-state index in [0.717, 1.165) is 0 Å². The number of hydrogen-bond acceptors (Lipinski definition) is 2. The fourth-order valence-corrected chi connectivity index (χ4v) is 2.75. The van der Waals surface area contributed by atoms with Crippen LogP contribution < -0.4 is 4.72 Å². The molecule has 0 aromatic rings. The zero-order valence-corrected chi connectivity index (χ0v) is 9.40. The summed E-state index contributed by atoms with van der Waals surface area (Å²) in [6.07, 6.45) is 5.07. The van der Waals surface area contributed by atoms with Crippen LogP contribution in [0.2, 0.25) is 0 Å². The maximum absolute atomic E-state index is 11.4. The maximum atomic E-state index is 11.4. The van der Waals surface area contributed by atoms with E-state index in [1.807, 2.05) is 20.8 Å². The molecule has 3 nitrogen and oxygen atoms in total. The van der Waals surface area contributed by atoms with E-state index in [1.165, 1.54) is 0 Å². The first-order chi connectivity index (χ1) is 5.66. The molecule has 1 unspecified atom stereocenters. The van der Waals surface area contributed by atoms with E-state index < -0.39 is 16.1 Å². The largest absolute Gasteiger partial charge is 0.213 e. The lowest BCUT2D eigenvalue weighted by Crippen LogP contribution is -2.37. The number of nitrogens with one attached hydrogen (secondary N) is 1. The van der Waals surface area contributed by atoms with Gasteiger partial charge in [-0.3, -0.25) is 0 Å². The highest BCUT2D eigenvalue weighted by Gasteiger charge is 2.22. The Morgan fingerprint density at radius 3 is 2.23 bits per heavy atom. The Kier molecular flexibility index (Phi) is 3.95. The number of hydrogen-bond donors (Lipinski definition) is 1. The van der Waals surface area contributed by atoms with Gasteiger partial charge in [-0.15, -0.1) is 6.42 Å². The topological polar surface area (TPSA) is 46.2 Å². The third-order valence-corrected chi connectivity index (χ3v) is 3.19. The van der Waals surface area contributed by atoms with Crippen molar-refractivity contribution >= 4 is 10.0 Å². The molecule has 0 saturated carbocycles. The van der Waals surface area contributed by atoms with Crippen molar-refractivity contribution < 1.29 is 8.42 Å². The summed E-state index contributed by atoms with van der Waals surface area (Å²) in [5.41, 5.74) is -0.250. The van der Waals surface area contributed by atoms with Crippen LogP contribution in [-0.4, -0.2) is 20.2 Å². The van der Waals surface area contributed by atoms with Crippen LogP contribution in [-0.2, 0) is 10.0 Å². The second-order valence-electron chi connectivity index (χ2n) is 4.33. The SMILES string of the molecule is C#CC(C)NS(=O)(=O)CC(C)(C)C. The van der Waals surface area contributed by atoms with Crippen LogP contribution in [0.5, 0.6) is 0 Å². The standard InChI is InChI=1S/C9H17NO2S/c1-6-8(2)10-13(11,12)7-9(3,4)5/h1,8,10H,7H2,2-5H3. The van der Waals surface area contributed by atoms with Crippen LogP contribution in [0.3, 0.4) is 0 Å². The van der Waals surface area contributed by atoms with Gasteiger partial charge < -0.3 is 0 Å². The molecule has 0 spiro atoms. The monoisotopic (exact) mass is 203 g/mol. The molecule has 0 aliphatic rings. The second kappa shape index (κ2) is 4.12. The van der Waals surface area contributed by atoms with Crippen LogP contribution >= 0.6 is 0 Å². The van der Waals surface area contributed by atoms with Gasteiger partial charge in [0.15, 0.2) is 0 Å². The predicted octanol–water partition coefficient (Wildman–Crippen LogP) is 0.974. The van der Waals surface area contributed by atoms with E-state index in [2.05, 4.69) is 10.6 Å². The highest BCUT2D eigenvalue weighted by atomic mass is 32.2. The molecule has 0 aliphatic carbocycles. The quantitative estimate of drug-likeness (QED) is 0.695. The van der Waals surface area contributed by atoms with E-state index in [0.29, 0.717) is 0 Å². The van der Waals surface area contributed by atoms with Crippen LogP contribution in [0.4, 0.5) is 0 Å². The molecule has 0 rings (SSSR count). The number of sulfonamides is 1. The van der Waals surface area contributed by atoms with Crippen LogP contribution in [0.15, 0.2) is 0 Å². The van der Waals surface area contributed by atoms with Gasteiger partial charge in [0.05, 0.1) is 11.8 Å². The summed E-state index contributed by atoms with van der Waals surface area (Å²) in [4.78, 5) is 0. The molecule has 0 heterocycles. The minimum absolute atomic E-state index is 0.0893. The van der Waals surface area contributed by atoms with Crippen molar-refractivity contribution in [1.29, 1.82) is 0 Å². The van der Waals surface area contributed by atoms with E-state index in [9.17, 15) is 8.42 Å². The number of rotatable bonds is 3. The maximum Gasteiger partial charge on any atom is 0.213 e. The highest BCUT2D eigenvalue weighted by Crippen LogP contribution is 2.15. The Labute approximate surface area is 81.0 Å². The molecule has 0 saturated heterocycles. The van der Waals surface area contributed by atoms with Gasteiger partial charge in [-0.1, -0.05) is 26.7 Å². The minimum atomic E-state index is -3.24. The molecule has 0 radical (unpaired) electrons. The van der Waals surface area contributed by atoms with Crippen molar-refractivity contribution in [2.75, 3.05) is 5.75 Å². The molecule has 0 aliphatic heterocycles. The molecule has 1 N–H and O–H groups in total. The zero-order chi connectivity index (χ0) is 10.7. The van der Waals surface area contributed by atoms with Crippen molar-refractivity contribution in [1.82, 2.24) is 4.72 Å². The molecule has 76 valence electrons. The lowest BCUT2D eigenvalue weighted by molar-refractivity contribution is 0.457. The summed E-state index contributed by atoms with van der Waals surface area (Å²) in [5.74, 6) is 2.41. The third kappa shape index (κ3) is 6.62. The van der Waals surface area contributed by atoms with E-state index in [1.54, 1.807) is 6.92 Å². The Bertz CT molecular complexity index is 293. The average molecular weight is 203 g/mol. The van der Waals surface area contributed by atoms with Crippen molar-refractivity contribution in [2.24, 2.45) is 5.41 Å². The lowest BCUT2D eigenvalue weighted by Gasteiger charge is -2.19. The summed E-state index contributed by atoms with van der Waals surface area (Å²) in [6.45, 7) is 7.24. The lowest BCUT2D eigenvalue weighted by atomic mass is 10.0. The van der Waals surface area contributed by atoms with Crippen molar-refractivity contribution in [3.63, 3.8) is 0 Å². The molecule has 13 heavy (non-hydrogen) atoms. The summed E-state index contributed by atoms with van der Waals surface area (Å²) < 4.78 is 25.2. The Morgan fingerprint density at radius 1 is 1.46 bits per heavy atom. The van der Waals surface area contributed by atoms with Gasteiger partial charge in [0.2, 0.25) is 10.0 Å². The van der Waals surface area contributed by atoms with E-state index in [-0.39, 0.29) is 11.2 Å². The fourth-order valence-electron chi connectivity index (χ4n) is 0.915. The van der Waals surface area contributed by atoms with Crippen molar-refractivity contribution in [2.45, 2.75) is 33.7 Å². The first kappa shape index (κ1) is 12.5. The van der Waals surface area contributed by atoms with Gasteiger partial charge in [0.1, 0.15) is 0 Å². The van der Waals surface area contributed by atoms with Gasteiger partial charge >= 0.3 is 0 Å². The predicted molar refractivity (Wildman–Crippen MR) is 54.7 cm³/mol. The van der Waals surface area contributed by atoms with Crippen LogP contribution in [0, 0.1) is 17.8 Å². The highest BCUT2D eigenvalue weighted by molar-refractivity contribution is 7.89. The molecule has 1 atom stereocenters. The number of terminal acetylenes is 1. The Morgan fingerprint density at radius 2 is 1.92 bits per heavy atom. The van der Waals surface area contributed by atoms with E-state index in [4.69, 9.17) is 6.42 Å². The van der Waals surface area contributed by atoms with Crippen molar-refractivity contribution in [3.8, 4) is 12.3 Å².